The largest absolute Gasteiger partial charge is 0.488 e. The molecule has 1 unspecified atom stereocenters. The summed E-state index contributed by atoms with van der Waals surface area (Å²) < 4.78 is 7.98. The van der Waals surface area contributed by atoms with Crippen LogP contribution in [0.15, 0.2) is 35.6 Å². The van der Waals surface area contributed by atoms with Crippen LogP contribution in [0.2, 0.25) is 0 Å². The highest BCUT2D eigenvalue weighted by atomic mass is 127. The van der Waals surface area contributed by atoms with Gasteiger partial charge in [-0.25, -0.2) is 0 Å². The maximum Gasteiger partial charge on any atom is 0.191 e. The Morgan fingerprint density at radius 1 is 1.27 bits per heavy atom. The third-order valence-corrected chi connectivity index (χ3v) is 4.50. The quantitative estimate of drug-likeness (QED) is 0.327. The summed E-state index contributed by atoms with van der Waals surface area (Å²) in [6.45, 7) is 9.61. The summed E-state index contributed by atoms with van der Waals surface area (Å²) in [6.07, 6.45) is 3.95. The molecule has 0 fully saturated rings. The van der Waals surface area contributed by atoms with Gasteiger partial charge < -0.3 is 20.3 Å². The van der Waals surface area contributed by atoms with Crippen LogP contribution in [0.1, 0.15) is 43.5 Å². The molecular formula is C22H37IN6O. The fourth-order valence-electron chi connectivity index (χ4n) is 3.04. The van der Waals surface area contributed by atoms with E-state index >= 15 is 0 Å². The molecule has 0 radical (unpaired) electrons. The Morgan fingerprint density at radius 3 is 2.50 bits per heavy atom. The van der Waals surface area contributed by atoms with Crippen LogP contribution in [-0.2, 0) is 13.6 Å². The maximum atomic E-state index is 6.15. The zero-order valence-electron chi connectivity index (χ0n) is 19.5. The standard InChI is InChI=1S/C22H36N6O.HI/c1-16-9-10-17(20(11-16)29-22(2,3)4)12-24-21(23-5)25-14-19(27(6)7)18-13-26-28(8)15-18;/h9-11,13,15,19H,12,14H2,1-8H3,(H2,23,24,25);1H. The lowest BCUT2D eigenvalue weighted by Gasteiger charge is -2.25. The van der Waals surface area contributed by atoms with E-state index in [-0.39, 0.29) is 35.6 Å². The number of nitrogens with zero attached hydrogens (tertiary/aromatic N) is 4. The predicted molar refractivity (Wildman–Crippen MR) is 135 cm³/mol. The number of aromatic nitrogens is 2. The predicted octanol–water partition coefficient (Wildman–Crippen LogP) is 3.49. The van der Waals surface area contributed by atoms with E-state index in [4.69, 9.17) is 4.74 Å². The Labute approximate surface area is 198 Å². The number of guanidine groups is 1. The maximum absolute atomic E-state index is 6.15. The van der Waals surface area contributed by atoms with Gasteiger partial charge in [0.1, 0.15) is 11.4 Å². The number of hydrogen-bond donors (Lipinski definition) is 2. The van der Waals surface area contributed by atoms with Crippen LogP contribution in [0.25, 0.3) is 0 Å². The van der Waals surface area contributed by atoms with Gasteiger partial charge in [-0.05, 0) is 53.4 Å². The molecule has 1 aromatic heterocycles. The van der Waals surface area contributed by atoms with Crippen molar-refractivity contribution in [3.63, 3.8) is 0 Å². The Kier molecular flexibility index (Phi) is 10.1. The number of halogens is 1. The van der Waals surface area contributed by atoms with Crippen LogP contribution in [0.5, 0.6) is 5.75 Å². The topological polar surface area (TPSA) is 66.7 Å². The molecule has 0 bridgehead atoms. The van der Waals surface area contributed by atoms with Crippen LogP contribution in [0.3, 0.4) is 0 Å². The van der Waals surface area contributed by atoms with E-state index in [1.54, 1.807) is 7.05 Å². The van der Waals surface area contributed by atoms with Crippen LogP contribution >= 0.6 is 24.0 Å². The van der Waals surface area contributed by atoms with Gasteiger partial charge in [0.05, 0.1) is 12.2 Å². The monoisotopic (exact) mass is 528 g/mol. The highest BCUT2D eigenvalue weighted by Crippen LogP contribution is 2.24. The molecule has 8 heteroatoms. The fourth-order valence-corrected chi connectivity index (χ4v) is 3.04. The molecule has 0 saturated heterocycles. The Bertz CT molecular complexity index is 825. The first-order valence-electron chi connectivity index (χ1n) is 9.97. The third-order valence-electron chi connectivity index (χ3n) is 4.50. The van der Waals surface area contributed by atoms with Crippen molar-refractivity contribution in [3.05, 3.63) is 47.3 Å². The molecule has 7 nitrogen and oxygen atoms in total. The van der Waals surface area contributed by atoms with Crippen molar-refractivity contribution in [1.82, 2.24) is 25.3 Å². The van der Waals surface area contributed by atoms with Crippen molar-refractivity contribution in [2.45, 2.75) is 45.9 Å². The lowest BCUT2D eigenvalue weighted by atomic mass is 10.1. The van der Waals surface area contributed by atoms with Gasteiger partial charge in [-0.1, -0.05) is 12.1 Å². The number of aryl methyl sites for hydroxylation is 2. The molecule has 0 amide bonds. The SMILES string of the molecule is CN=C(NCc1ccc(C)cc1OC(C)(C)C)NCC(c1cnn(C)c1)N(C)C.I. The number of nitrogens with one attached hydrogen (secondary N) is 2. The van der Waals surface area contributed by atoms with E-state index in [0.29, 0.717) is 6.54 Å². The molecular weight excluding hydrogens is 491 g/mol. The number of ether oxygens (including phenoxy) is 1. The molecule has 0 aliphatic rings. The number of likely N-dealkylation sites (N-methyl/N-ethyl adjacent to an activating group) is 1. The number of aliphatic imine (C=N–C) groups is 1. The van der Waals surface area contributed by atoms with Crippen molar-refractivity contribution in [1.29, 1.82) is 0 Å². The summed E-state index contributed by atoms with van der Waals surface area (Å²) in [7, 11) is 7.85. The third kappa shape index (κ3) is 8.14. The summed E-state index contributed by atoms with van der Waals surface area (Å²) in [5, 5.41) is 11.1. The molecule has 168 valence electrons. The average Bonchev–Trinajstić information content (AvgIpc) is 3.03. The van der Waals surface area contributed by atoms with Crippen molar-refractivity contribution >= 4 is 29.9 Å². The first-order valence-corrected chi connectivity index (χ1v) is 9.97. The molecule has 2 N–H and O–H groups in total. The van der Waals surface area contributed by atoms with Crippen molar-refractivity contribution in [2.75, 3.05) is 27.7 Å². The zero-order valence-corrected chi connectivity index (χ0v) is 21.8. The van der Waals surface area contributed by atoms with Crippen LogP contribution in [0, 0.1) is 6.92 Å². The zero-order chi connectivity index (χ0) is 21.6. The second-order valence-corrected chi connectivity index (χ2v) is 8.56. The highest BCUT2D eigenvalue weighted by Gasteiger charge is 2.17. The van der Waals surface area contributed by atoms with Crippen molar-refractivity contribution in [2.24, 2.45) is 12.0 Å². The molecule has 0 saturated carbocycles. The second kappa shape index (κ2) is 11.5. The molecule has 1 atom stereocenters. The first-order chi connectivity index (χ1) is 13.6. The summed E-state index contributed by atoms with van der Waals surface area (Å²) >= 11 is 0. The molecule has 0 aliphatic carbocycles. The first kappa shape index (κ1) is 26.2. The van der Waals surface area contributed by atoms with Gasteiger partial charge in [0.2, 0.25) is 0 Å². The molecule has 2 aromatic rings. The number of hydrogen-bond acceptors (Lipinski definition) is 4. The minimum Gasteiger partial charge on any atom is -0.488 e. The van der Waals surface area contributed by atoms with E-state index in [1.165, 1.54) is 11.1 Å². The second-order valence-electron chi connectivity index (χ2n) is 8.56. The van der Waals surface area contributed by atoms with E-state index in [2.05, 4.69) is 85.6 Å². The van der Waals surface area contributed by atoms with Gasteiger partial charge in [0.25, 0.3) is 0 Å². The van der Waals surface area contributed by atoms with E-state index in [0.717, 1.165) is 23.8 Å². The van der Waals surface area contributed by atoms with Crippen LogP contribution in [-0.4, -0.2) is 53.9 Å². The van der Waals surface area contributed by atoms with Gasteiger partial charge in [-0.3, -0.25) is 9.67 Å². The Balaban J connectivity index is 0.00000450. The summed E-state index contributed by atoms with van der Waals surface area (Å²) in [5.41, 5.74) is 3.20. The highest BCUT2D eigenvalue weighted by molar-refractivity contribution is 14.0. The molecule has 0 spiro atoms. The molecule has 1 aromatic carbocycles. The van der Waals surface area contributed by atoms with Gasteiger partial charge in [0, 0.05) is 44.5 Å². The number of rotatable bonds is 7. The van der Waals surface area contributed by atoms with E-state index in [1.807, 2.05) is 24.1 Å². The molecule has 1 heterocycles. The van der Waals surface area contributed by atoms with E-state index < -0.39 is 0 Å². The van der Waals surface area contributed by atoms with Crippen molar-refractivity contribution < 1.29 is 4.74 Å². The van der Waals surface area contributed by atoms with Crippen molar-refractivity contribution in [3.8, 4) is 5.75 Å². The molecule has 2 rings (SSSR count). The van der Waals surface area contributed by atoms with Gasteiger partial charge in [0.15, 0.2) is 5.96 Å². The van der Waals surface area contributed by atoms with Gasteiger partial charge in [-0.15, -0.1) is 24.0 Å². The normalized spacial score (nSPS) is 13.0. The average molecular weight is 528 g/mol. The Morgan fingerprint density at radius 2 is 1.97 bits per heavy atom. The fraction of sp³-hybridized carbons (Fsp3) is 0.545. The van der Waals surface area contributed by atoms with Gasteiger partial charge >= 0.3 is 0 Å². The minimum absolute atomic E-state index is 0. The van der Waals surface area contributed by atoms with E-state index in [9.17, 15) is 0 Å². The smallest absolute Gasteiger partial charge is 0.191 e. The Hall–Kier alpha value is -1.81. The summed E-state index contributed by atoms with van der Waals surface area (Å²) in [5.74, 6) is 1.66. The lowest BCUT2D eigenvalue weighted by Crippen LogP contribution is -2.41. The van der Waals surface area contributed by atoms with Crippen LogP contribution < -0.4 is 15.4 Å². The minimum atomic E-state index is -0.245. The lowest BCUT2D eigenvalue weighted by molar-refractivity contribution is 0.129. The summed E-state index contributed by atoms with van der Waals surface area (Å²) in [6, 6.07) is 6.49. The van der Waals surface area contributed by atoms with Crippen LogP contribution in [0.4, 0.5) is 0 Å². The summed E-state index contributed by atoms with van der Waals surface area (Å²) in [4.78, 5) is 6.54. The molecule has 0 aliphatic heterocycles. The molecule has 30 heavy (non-hydrogen) atoms. The van der Waals surface area contributed by atoms with Gasteiger partial charge in [-0.2, -0.15) is 5.10 Å². The number of benzene rings is 1.